The van der Waals surface area contributed by atoms with Gasteiger partial charge >= 0.3 is 0 Å². The molecule has 0 radical (unpaired) electrons. The van der Waals surface area contributed by atoms with E-state index >= 15 is 0 Å². The molecular formula is C15H20N2O. The van der Waals surface area contributed by atoms with E-state index in [-0.39, 0.29) is 0 Å². The average molecular weight is 244 g/mol. The third-order valence-corrected chi connectivity index (χ3v) is 3.32. The topological polar surface area (TPSA) is 26.2 Å². The summed E-state index contributed by atoms with van der Waals surface area (Å²) in [6.45, 7) is 4.96. The van der Waals surface area contributed by atoms with Crippen molar-refractivity contribution in [3.05, 3.63) is 47.3 Å². The van der Waals surface area contributed by atoms with E-state index in [0.717, 1.165) is 23.5 Å². The SMILES string of the molecule is COc1c(C)ccc(NCc2cccn2C)c1C. The first-order chi connectivity index (χ1) is 8.63. The van der Waals surface area contributed by atoms with Crippen molar-refractivity contribution in [2.45, 2.75) is 20.4 Å². The number of nitrogens with one attached hydrogen (secondary N) is 1. The Morgan fingerprint density at radius 3 is 2.61 bits per heavy atom. The van der Waals surface area contributed by atoms with E-state index in [0.29, 0.717) is 0 Å². The number of methoxy groups -OCH3 is 1. The van der Waals surface area contributed by atoms with E-state index < -0.39 is 0 Å². The van der Waals surface area contributed by atoms with Crippen LogP contribution in [0.5, 0.6) is 5.75 Å². The molecule has 3 heteroatoms. The van der Waals surface area contributed by atoms with Crippen molar-refractivity contribution in [3.63, 3.8) is 0 Å². The lowest BCUT2D eigenvalue weighted by molar-refractivity contribution is 0.409. The van der Waals surface area contributed by atoms with Crippen molar-refractivity contribution in [3.8, 4) is 5.75 Å². The van der Waals surface area contributed by atoms with Gasteiger partial charge in [-0.25, -0.2) is 0 Å². The summed E-state index contributed by atoms with van der Waals surface area (Å²) in [5.74, 6) is 0.965. The van der Waals surface area contributed by atoms with Crippen molar-refractivity contribution in [2.75, 3.05) is 12.4 Å². The van der Waals surface area contributed by atoms with Crippen LogP contribution in [0.1, 0.15) is 16.8 Å². The molecule has 1 heterocycles. The van der Waals surface area contributed by atoms with E-state index in [4.69, 9.17) is 4.74 Å². The van der Waals surface area contributed by atoms with Gasteiger partial charge in [-0.1, -0.05) is 6.07 Å². The van der Waals surface area contributed by atoms with Gasteiger partial charge in [0.1, 0.15) is 5.75 Å². The van der Waals surface area contributed by atoms with Gasteiger partial charge in [0, 0.05) is 30.2 Å². The molecule has 0 saturated carbocycles. The van der Waals surface area contributed by atoms with Crippen molar-refractivity contribution >= 4 is 5.69 Å². The molecule has 0 fully saturated rings. The number of benzene rings is 1. The van der Waals surface area contributed by atoms with Gasteiger partial charge in [-0.15, -0.1) is 0 Å². The monoisotopic (exact) mass is 244 g/mol. The third-order valence-electron chi connectivity index (χ3n) is 3.32. The minimum Gasteiger partial charge on any atom is -0.496 e. The molecule has 0 aliphatic heterocycles. The summed E-state index contributed by atoms with van der Waals surface area (Å²) in [6, 6.07) is 8.36. The minimum atomic E-state index is 0.816. The Hall–Kier alpha value is -1.90. The van der Waals surface area contributed by atoms with Crippen LogP contribution in [0.2, 0.25) is 0 Å². The predicted molar refractivity (Wildman–Crippen MR) is 75.2 cm³/mol. The minimum absolute atomic E-state index is 0.816. The van der Waals surface area contributed by atoms with Crippen LogP contribution in [0.4, 0.5) is 5.69 Å². The fraction of sp³-hybridized carbons (Fsp3) is 0.333. The molecule has 0 amide bonds. The molecule has 0 atom stereocenters. The zero-order valence-corrected chi connectivity index (χ0v) is 11.4. The Labute approximate surface area is 108 Å². The van der Waals surface area contributed by atoms with Crippen LogP contribution in [-0.4, -0.2) is 11.7 Å². The number of ether oxygens (including phenoxy) is 1. The largest absolute Gasteiger partial charge is 0.496 e. The third kappa shape index (κ3) is 2.35. The molecule has 1 aromatic carbocycles. The molecule has 0 spiro atoms. The Morgan fingerprint density at radius 2 is 2.00 bits per heavy atom. The van der Waals surface area contributed by atoms with E-state index in [2.05, 4.69) is 61.2 Å². The molecule has 96 valence electrons. The summed E-state index contributed by atoms with van der Waals surface area (Å²) in [6.07, 6.45) is 2.06. The molecule has 1 N–H and O–H groups in total. The highest BCUT2D eigenvalue weighted by atomic mass is 16.5. The first kappa shape index (κ1) is 12.6. The molecule has 18 heavy (non-hydrogen) atoms. The number of anilines is 1. The number of hydrogen-bond acceptors (Lipinski definition) is 2. The summed E-state index contributed by atoms with van der Waals surface area (Å²) >= 11 is 0. The highest BCUT2D eigenvalue weighted by Crippen LogP contribution is 2.29. The molecule has 2 rings (SSSR count). The van der Waals surface area contributed by atoms with Crippen LogP contribution in [0, 0.1) is 13.8 Å². The van der Waals surface area contributed by atoms with Crippen molar-refractivity contribution in [1.82, 2.24) is 4.57 Å². The Morgan fingerprint density at radius 1 is 1.22 bits per heavy atom. The summed E-state index contributed by atoms with van der Waals surface area (Å²) in [5.41, 5.74) is 4.71. The zero-order valence-electron chi connectivity index (χ0n) is 11.4. The average Bonchev–Trinajstić information content (AvgIpc) is 2.75. The van der Waals surface area contributed by atoms with Gasteiger partial charge in [0.25, 0.3) is 0 Å². The number of nitrogens with zero attached hydrogens (tertiary/aromatic N) is 1. The molecule has 2 aromatic rings. The van der Waals surface area contributed by atoms with Gasteiger partial charge in [0.2, 0.25) is 0 Å². The number of aromatic nitrogens is 1. The van der Waals surface area contributed by atoms with E-state index in [1.54, 1.807) is 7.11 Å². The fourth-order valence-corrected chi connectivity index (χ4v) is 2.20. The quantitative estimate of drug-likeness (QED) is 0.893. The van der Waals surface area contributed by atoms with Crippen LogP contribution in [-0.2, 0) is 13.6 Å². The number of aryl methyl sites for hydroxylation is 2. The van der Waals surface area contributed by atoms with E-state index in [9.17, 15) is 0 Å². The van der Waals surface area contributed by atoms with Crippen molar-refractivity contribution in [2.24, 2.45) is 7.05 Å². The van der Waals surface area contributed by atoms with Crippen LogP contribution in [0.15, 0.2) is 30.5 Å². The van der Waals surface area contributed by atoms with Crippen molar-refractivity contribution in [1.29, 1.82) is 0 Å². The summed E-state index contributed by atoms with van der Waals surface area (Å²) in [4.78, 5) is 0. The van der Waals surface area contributed by atoms with Crippen LogP contribution in [0.25, 0.3) is 0 Å². The van der Waals surface area contributed by atoms with Gasteiger partial charge in [-0.3, -0.25) is 0 Å². The standard InChI is InChI=1S/C15H20N2O/c1-11-7-8-14(12(2)15(11)18-4)16-10-13-6-5-9-17(13)3/h5-9,16H,10H2,1-4H3. The molecule has 0 aliphatic carbocycles. The van der Waals surface area contributed by atoms with Gasteiger partial charge in [-0.05, 0) is 37.6 Å². The highest BCUT2D eigenvalue weighted by Gasteiger charge is 2.07. The van der Waals surface area contributed by atoms with E-state index in [1.807, 2.05) is 0 Å². The number of rotatable bonds is 4. The lowest BCUT2D eigenvalue weighted by Crippen LogP contribution is -2.06. The van der Waals surface area contributed by atoms with Gasteiger partial charge in [-0.2, -0.15) is 0 Å². The smallest absolute Gasteiger partial charge is 0.126 e. The van der Waals surface area contributed by atoms with Crippen LogP contribution < -0.4 is 10.1 Å². The Balaban J connectivity index is 2.18. The zero-order chi connectivity index (χ0) is 13.1. The van der Waals surface area contributed by atoms with Gasteiger partial charge in [0.15, 0.2) is 0 Å². The molecule has 0 unspecified atom stereocenters. The Kier molecular flexibility index (Phi) is 3.60. The lowest BCUT2D eigenvalue weighted by Gasteiger charge is -2.15. The summed E-state index contributed by atoms with van der Waals surface area (Å²) < 4.78 is 7.55. The molecule has 0 aliphatic rings. The fourth-order valence-electron chi connectivity index (χ4n) is 2.20. The van der Waals surface area contributed by atoms with Gasteiger partial charge in [0.05, 0.1) is 13.7 Å². The molecule has 0 bridgehead atoms. The first-order valence-electron chi connectivity index (χ1n) is 6.11. The summed E-state index contributed by atoms with van der Waals surface area (Å²) in [7, 11) is 3.77. The molecule has 1 aromatic heterocycles. The van der Waals surface area contributed by atoms with Crippen LogP contribution in [0.3, 0.4) is 0 Å². The van der Waals surface area contributed by atoms with Crippen molar-refractivity contribution < 1.29 is 4.74 Å². The summed E-state index contributed by atoms with van der Waals surface area (Å²) in [5, 5.41) is 3.46. The lowest BCUT2D eigenvalue weighted by atomic mass is 10.1. The second-order valence-electron chi connectivity index (χ2n) is 4.55. The van der Waals surface area contributed by atoms with E-state index in [1.165, 1.54) is 11.3 Å². The predicted octanol–water partition coefficient (Wildman–Crippen LogP) is 3.26. The second-order valence-corrected chi connectivity index (χ2v) is 4.55. The maximum absolute atomic E-state index is 5.43. The normalized spacial score (nSPS) is 10.4. The second kappa shape index (κ2) is 5.17. The highest BCUT2D eigenvalue weighted by molar-refractivity contribution is 5.59. The van der Waals surface area contributed by atoms with Crippen LogP contribution >= 0.6 is 0 Å². The molecule has 0 saturated heterocycles. The maximum Gasteiger partial charge on any atom is 0.126 e. The Bertz CT molecular complexity index is 543. The molecular weight excluding hydrogens is 224 g/mol. The molecule has 3 nitrogen and oxygen atoms in total. The maximum atomic E-state index is 5.43. The number of hydrogen-bond donors (Lipinski definition) is 1. The first-order valence-corrected chi connectivity index (χ1v) is 6.11. The van der Waals surface area contributed by atoms with Gasteiger partial charge < -0.3 is 14.6 Å².